The highest BCUT2D eigenvalue weighted by Crippen LogP contribution is 2.29. The van der Waals surface area contributed by atoms with E-state index in [1.165, 1.54) is 16.2 Å². The number of hydrogen-bond acceptors (Lipinski definition) is 8. The first-order valence-electron chi connectivity index (χ1n) is 12.6. The van der Waals surface area contributed by atoms with Crippen LogP contribution in [0.4, 0.5) is 10.7 Å². The summed E-state index contributed by atoms with van der Waals surface area (Å²) >= 11 is 12.2. The number of imidazole rings is 2. The van der Waals surface area contributed by atoms with Gasteiger partial charge in [0.05, 0.1) is 17.1 Å². The van der Waals surface area contributed by atoms with E-state index in [-0.39, 0.29) is 35.5 Å². The van der Waals surface area contributed by atoms with Crippen molar-refractivity contribution >= 4 is 46.3 Å². The van der Waals surface area contributed by atoms with Crippen LogP contribution in [0.25, 0.3) is 22.6 Å². The first-order valence-corrected chi connectivity index (χ1v) is 13.4. The fraction of sp³-hybridized carbons (Fsp3) is 0.320. The van der Waals surface area contributed by atoms with Crippen LogP contribution in [0.3, 0.4) is 0 Å². The van der Waals surface area contributed by atoms with Crippen LogP contribution in [-0.4, -0.2) is 70.6 Å². The van der Waals surface area contributed by atoms with Crippen LogP contribution < -0.4 is 20.7 Å². The number of hydrogen-bond donors (Lipinski definition) is 0. The van der Waals surface area contributed by atoms with E-state index in [0.717, 1.165) is 4.57 Å². The number of fused-ring (bicyclic) bond motifs is 1. The summed E-state index contributed by atoms with van der Waals surface area (Å²) in [6, 6.07) is 4.84. The van der Waals surface area contributed by atoms with Crippen molar-refractivity contribution in [2.45, 2.75) is 6.54 Å². The zero-order valence-electron chi connectivity index (χ0n) is 22.4. The van der Waals surface area contributed by atoms with Gasteiger partial charge in [-0.1, -0.05) is 23.2 Å². The van der Waals surface area contributed by atoms with Gasteiger partial charge in [0.1, 0.15) is 18.9 Å². The predicted octanol–water partition coefficient (Wildman–Crippen LogP) is 1.26. The summed E-state index contributed by atoms with van der Waals surface area (Å²) in [6.07, 6.45) is 5.22. The Hall–Kier alpha value is -4.43. The van der Waals surface area contributed by atoms with Gasteiger partial charge in [0.2, 0.25) is 17.7 Å². The molecule has 5 aromatic rings. The molecule has 212 valence electrons. The zero-order chi connectivity index (χ0) is 29.0. The molecule has 0 radical (unpaired) electrons. The molecule has 1 amide bonds. The molecule has 0 N–H and O–H groups in total. The first kappa shape index (κ1) is 26.8. The molecule has 0 aliphatic carbocycles. The van der Waals surface area contributed by atoms with Crippen LogP contribution in [0.1, 0.15) is 5.89 Å². The largest absolute Gasteiger partial charge is 0.419 e. The number of halogens is 2. The normalized spacial score (nSPS) is 13.9. The van der Waals surface area contributed by atoms with Crippen LogP contribution in [-0.2, 0) is 27.7 Å². The van der Waals surface area contributed by atoms with Crippen LogP contribution >= 0.6 is 23.2 Å². The fourth-order valence-electron chi connectivity index (χ4n) is 4.85. The average Bonchev–Trinajstić information content (AvgIpc) is 3.71. The third kappa shape index (κ3) is 4.68. The highest BCUT2D eigenvalue weighted by atomic mass is 35.5. The lowest BCUT2D eigenvalue weighted by molar-refractivity contribution is -0.670. The third-order valence-corrected chi connectivity index (χ3v) is 7.82. The summed E-state index contributed by atoms with van der Waals surface area (Å²) in [6.45, 7) is 1.79. The van der Waals surface area contributed by atoms with Gasteiger partial charge in [0.15, 0.2) is 11.2 Å². The van der Waals surface area contributed by atoms with Crippen LogP contribution in [0.5, 0.6) is 0 Å². The van der Waals surface area contributed by atoms with Crippen molar-refractivity contribution in [3.05, 3.63) is 73.7 Å². The molecule has 1 aromatic carbocycles. The number of carbonyl (C=O) groups excluding carboxylic acids is 1. The lowest BCUT2D eigenvalue weighted by atomic mass is 10.2. The summed E-state index contributed by atoms with van der Waals surface area (Å²) in [5.74, 6) is 0.902. The Kier molecular flexibility index (Phi) is 6.66. The summed E-state index contributed by atoms with van der Waals surface area (Å²) in [4.78, 5) is 47.4. The Morgan fingerprint density at radius 1 is 1.05 bits per heavy atom. The van der Waals surface area contributed by atoms with Gasteiger partial charge in [0.25, 0.3) is 11.9 Å². The Bertz CT molecular complexity index is 1930. The molecule has 41 heavy (non-hydrogen) atoms. The molecule has 1 aliphatic heterocycles. The van der Waals surface area contributed by atoms with Gasteiger partial charge in [-0.25, -0.2) is 14.2 Å². The van der Waals surface area contributed by atoms with Crippen molar-refractivity contribution in [2.75, 3.05) is 31.1 Å². The second kappa shape index (κ2) is 10.2. The molecule has 1 aliphatic rings. The monoisotopic (exact) mass is 599 g/mol. The second-order valence-electron chi connectivity index (χ2n) is 9.75. The van der Waals surface area contributed by atoms with Crippen molar-refractivity contribution in [1.82, 2.24) is 38.3 Å². The summed E-state index contributed by atoms with van der Waals surface area (Å²) in [5.41, 5.74) is 0.0474. The third-order valence-electron chi connectivity index (χ3n) is 7.08. The summed E-state index contributed by atoms with van der Waals surface area (Å²) in [7, 11) is 4.83. The molecule has 5 heterocycles. The van der Waals surface area contributed by atoms with E-state index < -0.39 is 11.2 Å². The molecule has 4 aromatic heterocycles. The Labute approximate surface area is 242 Å². The smallest absolute Gasteiger partial charge is 0.415 e. The number of nitrogens with zero attached hydrogens (tertiary/aromatic N) is 10. The van der Waals surface area contributed by atoms with Crippen LogP contribution in [0.15, 0.2) is 50.9 Å². The van der Waals surface area contributed by atoms with Crippen molar-refractivity contribution < 1.29 is 13.8 Å². The lowest BCUT2D eigenvalue weighted by Gasteiger charge is -2.34. The van der Waals surface area contributed by atoms with Crippen LogP contribution in [0.2, 0.25) is 10.0 Å². The number of aromatic nitrogens is 8. The van der Waals surface area contributed by atoms with E-state index in [0.29, 0.717) is 47.7 Å². The van der Waals surface area contributed by atoms with Crippen molar-refractivity contribution in [1.29, 1.82) is 0 Å². The molecule has 6 rings (SSSR count). The van der Waals surface area contributed by atoms with Crippen molar-refractivity contribution in [3.63, 3.8) is 0 Å². The molecule has 1 saturated heterocycles. The number of amides is 1. The van der Waals surface area contributed by atoms with E-state index in [1.54, 1.807) is 58.0 Å². The maximum Gasteiger partial charge on any atom is 0.415 e. The van der Waals surface area contributed by atoms with Crippen molar-refractivity contribution in [2.24, 2.45) is 21.1 Å². The SMILES string of the molecule is Cn1c(=O)c2c(nc(N3CCN(C(=O)n4cc[n+](C)c4)CC3)n2Cc2nnc(-c3ccc(Cl)c(Cl)c3)o2)n(C)c1=O. The molecule has 0 spiro atoms. The number of rotatable bonds is 4. The topological polar surface area (TPSA) is 133 Å². The first-order chi connectivity index (χ1) is 19.6. The molecule has 14 nitrogen and oxygen atoms in total. The van der Waals surface area contributed by atoms with Gasteiger partial charge >= 0.3 is 11.7 Å². The zero-order valence-corrected chi connectivity index (χ0v) is 23.9. The number of piperazine rings is 1. The summed E-state index contributed by atoms with van der Waals surface area (Å²) in [5, 5.41) is 9.06. The molecule has 0 atom stereocenters. The number of anilines is 1. The van der Waals surface area contributed by atoms with Crippen LogP contribution in [0, 0.1) is 0 Å². The quantitative estimate of drug-likeness (QED) is 0.282. The highest BCUT2D eigenvalue weighted by Gasteiger charge is 2.30. The summed E-state index contributed by atoms with van der Waals surface area (Å²) < 4.78 is 13.3. The highest BCUT2D eigenvalue weighted by molar-refractivity contribution is 6.42. The molecule has 0 bridgehead atoms. The number of aryl methyl sites for hydroxylation is 2. The fourth-order valence-corrected chi connectivity index (χ4v) is 5.15. The van der Waals surface area contributed by atoms with E-state index >= 15 is 0 Å². The standard InChI is InChI=1S/C25H25Cl2N10O4/c1-31-6-7-36(14-31)25(40)35-10-8-34(9-11-35)23-28-20-19(22(38)33(3)24(39)32(20)2)37(23)13-18-29-30-21(41-18)15-4-5-16(26)17(27)12-15/h4-7,12,14H,8-11,13H2,1-3H3/q+1. The van der Waals surface area contributed by atoms with Gasteiger partial charge < -0.3 is 14.2 Å². The lowest BCUT2D eigenvalue weighted by Crippen LogP contribution is -2.50. The molecule has 0 saturated carbocycles. The van der Waals surface area contributed by atoms with Gasteiger partial charge in [-0.05, 0) is 18.2 Å². The Morgan fingerprint density at radius 3 is 2.49 bits per heavy atom. The van der Waals surface area contributed by atoms with E-state index in [9.17, 15) is 14.4 Å². The minimum Gasteiger partial charge on any atom is -0.419 e. The average molecular weight is 600 g/mol. The van der Waals surface area contributed by atoms with Crippen molar-refractivity contribution in [3.8, 4) is 11.5 Å². The Morgan fingerprint density at radius 2 is 1.80 bits per heavy atom. The number of carbonyl (C=O) groups is 1. The van der Waals surface area contributed by atoms with Gasteiger partial charge in [-0.15, -0.1) is 10.2 Å². The van der Waals surface area contributed by atoms with Gasteiger partial charge in [-0.3, -0.25) is 18.5 Å². The molecule has 1 fully saturated rings. The molecule has 16 heteroatoms. The minimum atomic E-state index is -0.500. The maximum atomic E-state index is 13.3. The van der Waals surface area contributed by atoms with E-state index in [1.807, 2.05) is 11.9 Å². The predicted molar refractivity (Wildman–Crippen MR) is 149 cm³/mol. The van der Waals surface area contributed by atoms with E-state index in [2.05, 4.69) is 10.2 Å². The minimum absolute atomic E-state index is 0.0204. The second-order valence-corrected chi connectivity index (χ2v) is 10.6. The molecular formula is C25H25Cl2N10O4+. The Balaban J connectivity index is 1.35. The van der Waals surface area contributed by atoms with Gasteiger partial charge in [-0.2, -0.15) is 9.55 Å². The van der Waals surface area contributed by atoms with E-state index in [4.69, 9.17) is 32.6 Å². The molecule has 0 unspecified atom stereocenters. The maximum absolute atomic E-state index is 13.3. The molecular weight excluding hydrogens is 575 g/mol. The number of benzene rings is 1. The van der Waals surface area contributed by atoms with Gasteiger partial charge in [0, 0.05) is 45.8 Å².